The van der Waals surface area contributed by atoms with E-state index in [1.54, 1.807) is 0 Å². The Bertz CT molecular complexity index is 110. The maximum atomic E-state index is 5.76. The highest BCUT2D eigenvalue weighted by atomic mass is 127. The molecule has 1 atom stereocenters. The van der Waals surface area contributed by atoms with Crippen molar-refractivity contribution in [2.45, 2.75) is 49.6 Å². The molecule has 0 bridgehead atoms. The van der Waals surface area contributed by atoms with Gasteiger partial charge in [0.15, 0.2) is 0 Å². The van der Waals surface area contributed by atoms with Crippen molar-refractivity contribution in [1.82, 2.24) is 0 Å². The van der Waals surface area contributed by atoms with Gasteiger partial charge in [-0.1, -0.05) is 39.5 Å². The van der Waals surface area contributed by atoms with Crippen molar-refractivity contribution >= 4 is 22.6 Å². The van der Waals surface area contributed by atoms with E-state index in [1.165, 1.54) is 25.7 Å². The predicted molar refractivity (Wildman–Crippen MR) is 63.0 cm³/mol. The number of nitrogens with two attached hydrogens (primary N) is 2. The van der Waals surface area contributed by atoms with Crippen LogP contribution < -0.4 is 11.5 Å². The lowest BCUT2D eigenvalue weighted by molar-refractivity contribution is 0.399. The number of alkyl halides is 1. The molecule has 12 heavy (non-hydrogen) atoms. The van der Waals surface area contributed by atoms with Crippen LogP contribution in [0.25, 0.3) is 0 Å². The molecule has 0 aliphatic heterocycles. The molecule has 0 saturated heterocycles. The van der Waals surface area contributed by atoms with Gasteiger partial charge in [0.05, 0.1) is 0 Å². The van der Waals surface area contributed by atoms with Crippen LogP contribution in [-0.4, -0.2) is 3.67 Å². The summed E-state index contributed by atoms with van der Waals surface area (Å²) in [5, 5.41) is 0. The van der Waals surface area contributed by atoms with Crippen LogP contribution in [-0.2, 0) is 0 Å². The number of hydrogen-bond donors (Lipinski definition) is 2. The minimum absolute atomic E-state index is 0.412. The van der Waals surface area contributed by atoms with Gasteiger partial charge < -0.3 is 11.5 Å². The average molecular weight is 284 g/mol. The van der Waals surface area contributed by atoms with Crippen LogP contribution in [0, 0.1) is 5.92 Å². The Morgan fingerprint density at radius 1 is 1.25 bits per heavy atom. The van der Waals surface area contributed by atoms with Crippen molar-refractivity contribution in [3.05, 3.63) is 0 Å². The molecule has 0 rings (SSSR count). The van der Waals surface area contributed by atoms with Gasteiger partial charge in [-0.25, -0.2) is 0 Å². The molecule has 3 heteroatoms. The molecule has 1 unspecified atom stereocenters. The lowest BCUT2D eigenvalue weighted by atomic mass is 10.0. The molecule has 0 fully saturated rings. The van der Waals surface area contributed by atoms with Gasteiger partial charge in [0.25, 0.3) is 0 Å². The third kappa shape index (κ3) is 6.20. The van der Waals surface area contributed by atoms with E-state index in [2.05, 4.69) is 36.4 Å². The summed E-state index contributed by atoms with van der Waals surface area (Å²) in [7, 11) is 0. The van der Waals surface area contributed by atoms with E-state index in [4.69, 9.17) is 11.5 Å². The molecule has 0 radical (unpaired) electrons. The monoisotopic (exact) mass is 284 g/mol. The van der Waals surface area contributed by atoms with E-state index in [0.717, 1.165) is 6.42 Å². The van der Waals surface area contributed by atoms with Crippen molar-refractivity contribution in [1.29, 1.82) is 0 Å². The third-order valence-electron chi connectivity index (χ3n) is 2.25. The van der Waals surface area contributed by atoms with Gasteiger partial charge in [0.1, 0.15) is 3.67 Å². The van der Waals surface area contributed by atoms with E-state index in [9.17, 15) is 0 Å². The summed E-state index contributed by atoms with van der Waals surface area (Å²) in [6, 6.07) is 0. The van der Waals surface area contributed by atoms with E-state index in [-0.39, 0.29) is 0 Å². The first-order valence-electron chi connectivity index (χ1n) is 4.75. The van der Waals surface area contributed by atoms with Crippen LogP contribution in [0.4, 0.5) is 0 Å². The highest BCUT2D eigenvalue weighted by molar-refractivity contribution is 14.1. The maximum Gasteiger partial charge on any atom is 0.120 e. The zero-order valence-corrected chi connectivity index (χ0v) is 10.3. The standard InChI is InChI=1S/C9H21IN2/c1-3-4-5-6-7-8(2)9(10,11)12/h8H,3-7,11-12H2,1-2H3. The summed E-state index contributed by atoms with van der Waals surface area (Å²) in [5.41, 5.74) is 11.5. The lowest BCUT2D eigenvalue weighted by Crippen LogP contribution is -2.48. The minimum atomic E-state index is -0.524. The highest BCUT2D eigenvalue weighted by Gasteiger charge is 2.22. The van der Waals surface area contributed by atoms with Gasteiger partial charge in [0.2, 0.25) is 0 Å². The molecule has 0 aromatic heterocycles. The number of rotatable bonds is 6. The first-order chi connectivity index (χ1) is 5.48. The van der Waals surface area contributed by atoms with Crippen LogP contribution >= 0.6 is 22.6 Å². The number of unbranched alkanes of at least 4 members (excludes halogenated alkanes) is 3. The molecule has 0 spiro atoms. The smallest absolute Gasteiger partial charge is 0.120 e. The van der Waals surface area contributed by atoms with Gasteiger partial charge in [0, 0.05) is 0 Å². The first-order valence-corrected chi connectivity index (χ1v) is 5.83. The van der Waals surface area contributed by atoms with Crippen molar-refractivity contribution in [3.8, 4) is 0 Å². The second-order valence-electron chi connectivity index (χ2n) is 3.58. The van der Waals surface area contributed by atoms with Gasteiger partial charge in [-0.15, -0.1) is 0 Å². The summed E-state index contributed by atoms with van der Waals surface area (Å²) in [5.74, 6) is 0.412. The molecular formula is C9H21IN2. The summed E-state index contributed by atoms with van der Waals surface area (Å²) >= 11 is 2.12. The van der Waals surface area contributed by atoms with Crippen LogP contribution in [0.1, 0.15) is 46.0 Å². The fraction of sp³-hybridized carbons (Fsp3) is 1.00. The average Bonchev–Trinajstić information content (AvgIpc) is 1.96. The van der Waals surface area contributed by atoms with Gasteiger partial charge >= 0.3 is 0 Å². The Balaban J connectivity index is 3.38. The van der Waals surface area contributed by atoms with Gasteiger partial charge in [-0.2, -0.15) is 0 Å². The molecule has 0 aliphatic carbocycles. The zero-order chi connectivity index (χ0) is 9.61. The molecular weight excluding hydrogens is 263 g/mol. The van der Waals surface area contributed by atoms with Crippen LogP contribution in [0.2, 0.25) is 0 Å². The Morgan fingerprint density at radius 3 is 2.25 bits per heavy atom. The lowest BCUT2D eigenvalue weighted by Gasteiger charge is -2.24. The van der Waals surface area contributed by atoms with Crippen molar-refractivity contribution < 1.29 is 0 Å². The topological polar surface area (TPSA) is 52.0 Å². The quantitative estimate of drug-likeness (QED) is 0.259. The third-order valence-corrected chi connectivity index (χ3v) is 3.31. The Labute approximate surface area is 89.6 Å². The maximum absolute atomic E-state index is 5.76. The fourth-order valence-corrected chi connectivity index (χ4v) is 1.41. The second-order valence-corrected chi connectivity index (χ2v) is 5.45. The molecule has 2 nitrogen and oxygen atoms in total. The van der Waals surface area contributed by atoms with Gasteiger partial charge in [-0.05, 0) is 34.9 Å². The molecule has 0 saturated carbocycles. The first kappa shape index (κ1) is 12.7. The van der Waals surface area contributed by atoms with Crippen molar-refractivity contribution in [2.75, 3.05) is 0 Å². The molecule has 0 aromatic carbocycles. The zero-order valence-electron chi connectivity index (χ0n) is 8.15. The molecule has 0 heterocycles. The fourth-order valence-electron chi connectivity index (χ4n) is 1.10. The second kappa shape index (κ2) is 6.16. The van der Waals surface area contributed by atoms with E-state index >= 15 is 0 Å². The van der Waals surface area contributed by atoms with E-state index in [0.29, 0.717) is 5.92 Å². The SMILES string of the molecule is CCCCCCC(C)C(N)(N)I. The number of hydrogen-bond acceptors (Lipinski definition) is 2. The number of halogens is 1. The molecule has 4 N–H and O–H groups in total. The van der Waals surface area contributed by atoms with Gasteiger partial charge in [-0.3, -0.25) is 0 Å². The Morgan fingerprint density at radius 2 is 1.83 bits per heavy atom. The highest BCUT2D eigenvalue weighted by Crippen LogP contribution is 2.21. The van der Waals surface area contributed by atoms with Crippen LogP contribution in [0.15, 0.2) is 0 Å². The van der Waals surface area contributed by atoms with Crippen LogP contribution in [0.3, 0.4) is 0 Å². The van der Waals surface area contributed by atoms with E-state index in [1.807, 2.05) is 0 Å². The van der Waals surface area contributed by atoms with Crippen molar-refractivity contribution in [3.63, 3.8) is 0 Å². The summed E-state index contributed by atoms with van der Waals surface area (Å²) in [6.07, 6.45) is 6.34. The largest absolute Gasteiger partial charge is 0.305 e. The summed E-state index contributed by atoms with van der Waals surface area (Å²) in [6.45, 7) is 4.34. The van der Waals surface area contributed by atoms with Crippen molar-refractivity contribution in [2.24, 2.45) is 17.4 Å². The Hall–Kier alpha value is 0.650. The summed E-state index contributed by atoms with van der Waals surface area (Å²) < 4.78 is -0.524. The predicted octanol–water partition coefficient (Wildman–Crippen LogP) is 2.60. The summed E-state index contributed by atoms with van der Waals surface area (Å²) in [4.78, 5) is 0. The van der Waals surface area contributed by atoms with Crippen LogP contribution in [0.5, 0.6) is 0 Å². The molecule has 0 aromatic rings. The van der Waals surface area contributed by atoms with E-state index < -0.39 is 3.67 Å². The molecule has 0 aliphatic rings. The molecule has 0 amide bonds. The minimum Gasteiger partial charge on any atom is -0.305 e. The molecule has 74 valence electrons. The Kier molecular flexibility index (Phi) is 6.49. The normalized spacial score (nSPS) is 14.8.